The van der Waals surface area contributed by atoms with Crippen molar-refractivity contribution in [2.24, 2.45) is 0 Å². The summed E-state index contributed by atoms with van der Waals surface area (Å²) < 4.78 is 1.15. The zero-order valence-corrected chi connectivity index (χ0v) is 13.1. The first-order valence-corrected chi connectivity index (χ1v) is 7.44. The SMILES string of the molecule is CNCC(Cc1cccc(Br)c1)c1ccccc1C. The van der Waals surface area contributed by atoms with E-state index in [1.165, 1.54) is 16.7 Å². The van der Waals surface area contributed by atoms with E-state index in [1.807, 2.05) is 7.05 Å². The predicted molar refractivity (Wildman–Crippen MR) is 85.7 cm³/mol. The molecule has 1 unspecified atom stereocenters. The Morgan fingerprint density at radius 2 is 1.89 bits per heavy atom. The monoisotopic (exact) mass is 317 g/mol. The van der Waals surface area contributed by atoms with Crippen molar-refractivity contribution in [2.45, 2.75) is 19.3 Å². The minimum absolute atomic E-state index is 0.514. The Morgan fingerprint density at radius 1 is 1.11 bits per heavy atom. The Hall–Kier alpha value is -1.12. The first-order valence-electron chi connectivity index (χ1n) is 6.65. The van der Waals surface area contributed by atoms with Crippen LogP contribution in [0.5, 0.6) is 0 Å². The van der Waals surface area contributed by atoms with Crippen molar-refractivity contribution >= 4 is 15.9 Å². The highest BCUT2D eigenvalue weighted by Crippen LogP contribution is 2.24. The van der Waals surface area contributed by atoms with E-state index in [9.17, 15) is 0 Å². The molecule has 0 heterocycles. The zero-order chi connectivity index (χ0) is 13.7. The molecule has 0 saturated carbocycles. The second kappa shape index (κ2) is 6.88. The Balaban J connectivity index is 2.24. The third-order valence-electron chi connectivity index (χ3n) is 3.45. The number of hydrogen-bond donors (Lipinski definition) is 1. The molecule has 19 heavy (non-hydrogen) atoms. The Labute approximate surface area is 124 Å². The summed E-state index contributed by atoms with van der Waals surface area (Å²) >= 11 is 3.55. The standard InChI is InChI=1S/C17H20BrN/c1-13-6-3-4-9-17(13)15(12-19-2)10-14-7-5-8-16(18)11-14/h3-9,11,15,19H,10,12H2,1-2H3. The number of hydrogen-bond acceptors (Lipinski definition) is 1. The lowest BCUT2D eigenvalue weighted by Gasteiger charge is -2.19. The lowest BCUT2D eigenvalue weighted by molar-refractivity contribution is 0.623. The van der Waals surface area contributed by atoms with E-state index in [2.05, 4.69) is 76.7 Å². The lowest BCUT2D eigenvalue weighted by atomic mass is 9.89. The van der Waals surface area contributed by atoms with Gasteiger partial charge in [-0.25, -0.2) is 0 Å². The van der Waals surface area contributed by atoms with Gasteiger partial charge in [0.1, 0.15) is 0 Å². The minimum Gasteiger partial charge on any atom is -0.319 e. The molecule has 1 atom stereocenters. The maximum atomic E-state index is 3.55. The molecule has 0 aromatic heterocycles. The van der Waals surface area contributed by atoms with Crippen molar-refractivity contribution in [1.82, 2.24) is 5.32 Å². The summed E-state index contributed by atoms with van der Waals surface area (Å²) in [7, 11) is 2.02. The molecule has 0 amide bonds. The highest BCUT2D eigenvalue weighted by atomic mass is 79.9. The molecule has 0 saturated heterocycles. The molecule has 2 aromatic rings. The zero-order valence-electron chi connectivity index (χ0n) is 11.5. The van der Waals surface area contributed by atoms with Gasteiger partial charge in [-0.05, 0) is 49.2 Å². The van der Waals surface area contributed by atoms with Crippen molar-refractivity contribution in [3.63, 3.8) is 0 Å². The van der Waals surface area contributed by atoms with Gasteiger partial charge in [-0.15, -0.1) is 0 Å². The van der Waals surface area contributed by atoms with Crippen molar-refractivity contribution in [3.05, 3.63) is 69.7 Å². The number of benzene rings is 2. The molecular weight excluding hydrogens is 298 g/mol. The van der Waals surface area contributed by atoms with E-state index in [0.29, 0.717) is 5.92 Å². The number of halogens is 1. The highest BCUT2D eigenvalue weighted by molar-refractivity contribution is 9.10. The fourth-order valence-electron chi connectivity index (χ4n) is 2.53. The third kappa shape index (κ3) is 3.92. The quantitative estimate of drug-likeness (QED) is 0.866. The number of rotatable bonds is 5. The molecule has 0 spiro atoms. The van der Waals surface area contributed by atoms with Gasteiger partial charge in [-0.1, -0.05) is 52.3 Å². The summed E-state index contributed by atoms with van der Waals surface area (Å²) in [6.07, 6.45) is 1.06. The summed E-state index contributed by atoms with van der Waals surface area (Å²) in [4.78, 5) is 0. The second-order valence-corrected chi connectivity index (χ2v) is 5.86. The van der Waals surface area contributed by atoms with Crippen LogP contribution in [-0.4, -0.2) is 13.6 Å². The Kier molecular flexibility index (Phi) is 5.17. The number of likely N-dealkylation sites (N-methyl/N-ethyl adjacent to an activating group) is 1. The molecule has 2 aromatic carbocycles. The second-order valence-electron chi connectivity index (χ2n) is 4.95. The normalized spacial score (nSPS) is 12.4. The Morgan fingerprint density at radius 3 is 2.58 bits per heavy atom. The first-order chi connectivity index (χ1) is 9.20. The summed E-state index contributed by atoms with van der Waals surface area (Å²) in [5, 5.41) is 3.32. The maximum Gasteiger partial charge on any atom is 0.0177 e. The van der Waals surface area contributed by atoms with Gasteiger partial charge in [0.2, 0.25) is 0 Å². The van der Waals surface area contributed by atoms with Gasteiger partial charge in [0.15, 0.2) is 0 Å². The molecule has 0 aliphatic carbocycles. The van der Waals surface area contributed by atoms with Gasteiger partial charge < -0.3 is 5.32 Å². The average Bonchev–Trinajstić information content (AvgIpc) is 2.39. The fraction of sp³-hybridized carbons (Fsp3) is 0.294. The highest BCUT2D eigenvalue weighted by Gasteiger charge is 2.13. The van der Waals surface area contributed by atoms with Crippen LogP contribution in [0.15, 0.2) is 53.0 Å². The van der Waals surface area contributed by atoms with Gasteiger partial charge in [0, 0.05) is 16.9 Å². The maximum absolute atomic E-state index is 3.55. The van der Waals surface area contributed by atoms with Crippen LogP contribution in [0.25, 0.3) is 0 Å². The third-order valence-corrected chi connectivity index (χ3v) is 3.94. The van der Waals surface area contributed by atoms with Crippen LogP contribution in [0, 0.1) is 6.92 Å². The van der Waals surface area contributed by atoms with Crippen LogP contribution in [-0.2, 0) is 6.42 Å². The van der Waals surface area contributed by atoms with E-state index in [0.717, 1.165) is 17.4 Å². The predicted octanol–water partition coefficient (Wildman–Crippen LogP) is 4.30. The molecule has 0 radical (unpaired) electrons. The molecular formula is C17H20BrN. The number of aryl methyl sites for hydroxylation is 1. The molecule has 0 fully saturated rings. The Bertz CT molecular complexity index is 536. The summed E-state index contributed by atoms with van der Waals surface area (Å²) in [5.41, 5.74) is 4.19. The summed E-state index contributed by atoms with van der Waals surface area (Å²) in [6.45, 7) is 3.19. The van der Waals surface area contributed by atoms with Crippen molar-refractivity contribution in [3.8, 4) is 0 Å². The van der Waals surface area contributed by atoms with E-state index in [4.69, 9.17) is 0 Å². The first kappa shape index (κ1) is 14.3. The smallest absolute Gasteiger partial charge is 0.0177 e. The molecule has 1 nitrogen and oxygen atoms in total. The van der Waals surface area contributed by atoms with Crippen LogP contribution in [0.3, 0.4) is 0 Å². The van der Waals surface area contributed by atoms with Gasteiger partial charge in [0.05, 0.1) is 0 Å². The molecule has 2 heteroatoms. The van der Waals surface area contributed by atoms with Crippen molar-refractivity contribution < 1.29 is 0 Å². The van der Waals surface area contributed by atoms with E-state index in [1.54, 1.807) is 0 Å². The van der Waals surface area contributed by atoms with Gasteiger partial charge >= 0.3 is 0 Å². The van der Waals surface area contributed by atoms with E-state index >= 15 is 0 Å². The summed E-state index contributed by atoms with van der Waals surface area (Å²) in [6, 6.07) is 17.3. The number of nitrogens with one attached hydrogen (secondary N) is 1. The van der Waals surface area contributed by atoms with Gasteiger partial charge in [-0.3, -0.25) is 0 Å². The largest absolute Gasteiger partial charge is 0.319 e. The van der Waals surface area contributed by atoms with Crippen molar-refractivity contribution in [2.75, 3.05) is 13.6 Å². The molecule has 2 rings (SSSR count). The average molecular weight is 318 g/mol. The van der Waals surface area contributed by atoms with Crippen LogP contribution < -0.4 is 5.32 Å². The molecule has 1 N–H and O–H groups in total. The lowest BCUT2D eigenvalue weighted by Crippen LogP contribution is -2.20. The van der Waals surface area contributed by atoms with Crippen molar-refractivity contribution in [1.29, 1.82) is 0 Å². The molecule has 0 aliphatic heterocycles. The fourth-order valence-corrected chi connectivity index (χ4v) is 2.98. The minimum atomic E-state index is 0.514. The summed E-state index contributed by atoms with van der Waals surface area (Å²) in [5.74, 6) is 0.514. The van der Waals surface area contributed by atoms with Crippen LogP contribution in [0.1, 0.15) is 22.6 Å². The van der Waals surface area contributed by atoms with Crippen LogP contribution in [0.4, 0.5) is 0 Å². The van der Waals surface area contributed by atoms with E-state index in [-0.39, 0.29) is 0 Å². The van der Waals surface area contributed by atoms with Crippen LogP contribution in [0.2, 0.25) is 0 Å². The topological polar surface area (TPSA) is 12.0 Å². The van der Waals surface area contributed by atoms with Crippen LogP contribution >= 0.6 is 15.9 Å². The van der Waals surface area contributed by atoms with Gasteiger partial charge in [-0.2, -0.15) is 0 Å². The molecule has 0 aliphatic rings. The van der Waals surface area contributed by atoms with E-state index < -0.39 is 0 Å². The van der Waals surface area contributed by atoms with Gasteiger partial charge in [0.25, 0.3) is 0 Å². The molecule has 100 valence electrons. The molecule has 0 bridgehead atoms.